The summed E-state index contributed by atoms with van der Waals surface area (Å²) in [6, 6.07) is 40.1. The van der Waals surface area contributed by atoms with Crippen molar-refractivity contribution in [1.82, 2.24) is 6.15 Å². The van der Waals surface area contributed by atoms with Crippen molar-refractivity contribution in [3.8, 4) is 0 Å². The minimum atomic E-state index is -0.329. The predicted molar refractivity (Wildman–Crippen MR) is 145 cm³/mol. The Hall–Kier alpha value is -3.60. The summed E-state index contributed by atoms with van der Waals surface area (Å²) in [6.45, 7) is 0. The summed E-state index contributed by atoms with van der Waals surface area (Å²) in [5.74, 6) is 0. The maximum Gasteiger partial charge on any atom is 0.0848 e. The van der Waals surface area contributed by atoms with Crippen LogP contribution in [-0.2, 0) is 5.54 Å². The van der Waals surface area contributed by atoms with Crippen molar-refractivity contribution in [3.63, 3.8) is 0 Å². The van der Waals surface area contributed by atoms with E-state index in [9.17, 15) is 0 Å². The maximum atomic E-state index is 3.80. The summed E-state index contributed by atoms with van der Waals surface area (Å²) in [6.07, 6.45) is 7.70. The number of hydrogen-bond donors (Lipinski definition) is 1. The van der Waals surface area contributed by atoms with E-state index in [1.165, 1.54) is 5.56 Å². The van der Waals surface area contributed by atoms with Gasteiger partial charge in [-0.05, 0) is 66.6 Å². The SMILES string of the molecule is Brc1ccc(C2(Nc3ccccc3)C=CC(N(c3ccccc3)c3ccccc3)=CC2)cc1.[N]. The summed E-state index contributed by atoms with van der Waals surface area (Å²) in [5, 5.41) is 3.80. The van der Waals surface area contributed by atoms with Crippen LogP contribution in [0, 0.1) is 0 Å². The number of allylic oxidation sites excluding steroid dienone is 1. The van der Waals surface area contributed by atoms with Gasteiger partial charge in [0.2, 0.25) is 0 Å². The second-order valence-electron chi connectivity index (χ2n) is 8.14. The van der Waals surface area contributed by atoms with E-state index in [4.69, 9.17) is 0 Å². The molecule has 3 nitrogen and oxygen atoms in total. The van der Waals surface area contributed by atoms with E-state index in [0.717, 1.165) is 33.7 Å². The lowest BCUT2D eigenvalue weighted by Crippen LogP contribution is -2.35. The highest BCUT2D eigenvalue weighted by Gasteiger charge is 2.31. The van der Waals surface area contributed by atoms with E-state index >= 15 is 0 Å². The van der Waals surface area contributed by atoms with Gasteiger partial charge in [0.05, 0.1) is 5.54 Å². The number of anilines is 3. The topological polar surface area (TPSA) is 45.8 Å². The zero-order valence-electron chi connectivity index (χ0n) is 18.7. The summed E-state index contributed by atoms with van der Waals surface area (Å²) in [4.78, 5) is 2.31. The molecule has 4 aromatic carbocycles. The van der Waals surface area contributed by atoms with Gasteiger partial charge in [-0.1, -0.05) is 94.8 Å². The lowest BCUT2D eigenvalue weighted by Gasteiger charge is -2.37. The molecule has 0 spiro atoms. The lowest BCUT2D eigenvalue weighted by atomic mass is 9.82. The Bertz CT molecular complexity index is 1210. The highest BCUT2D eigenvalue weighted by Crippen LogP contribution is 2.39. The molecule has 1 N–H and O–H groups in total. The summed E-state index contributed by atoms with van der Waals surface area (Å²) < 4.78 is 1.08. The summed E-state index contributed by atoms with van der Waals surface area (Å²) in [5.41, 5.74) is 5.45. The minimum absolute atomic E-state index is 0. The molecular weight excluding hydrogens is 482 g/mol. The third kappa shape index (κ3) is 4.98. The van der Waals surface area contributed by atoms with Crippen molar-refractivity contribution >= 4 is 33.0 Å². The molecule has 0 amide bonds. The van der Waals surface area contributed by atoms with Crippen LogP contribution in [0.1, 0.15) is 12.0 Å². The molecule has 4 aromatic rings. The smallest absolute Gasteiger partial charge is 0.0848 e. The number of nitrogens with one attached hydrogen (secondary N) is 1. The van der Waals surface area contributed by atoms with Crippen LogP contribution in [0.3, 0.4) is 0 Å². The molecule has 5 rings (SSSR count). The van der Waals surface area contributed by atoms with Gasteiger partial charge < -0.3 is 10.2 Å². The molecule has 0 aliphatic heterocycles. The van der Waals surface area contributed by atoms with Crippen LogP contribution in [0.2, 0.25) is 0 Å². The van der Waals surface area contributed by atoms with Crippen molar-refractivity contribution in [2.75, 3.05) is 10.2 Å². The maximum absolute atomic E-state index is 3.80. The number of benzene rings is 4. The van der Waals surface area contributed by atoms with Gasteiger partial charge in [0.25, 0.3) is 0 Å². The molecule has 0 saturated heterocycles. The van der Waals surface area contributed by atoms with E-state index in [0.29, 0.717) is 0 Å². The Morgan fingerprint density at radius 2 is 1.21 bits per heavy atom. The first-order chi connectivity index (χ1) is 16.2. The van der Waals surface area contributed by atoms with E-state index < -0.39 is 0 Å². The average molecular weight is 507 g/mol. The number of para-hydroxylation sites is 3. The molecule has 167 valence electrons. The third-order valence-electron chi connectivity index (χ3n) is 5.96. The molecule has 1 aliphatic rings. The summed E-state index contributed by atoms with van der Waals surface area (Å²) >= 11 is 3.58. The van der Waals surface area contributed by atoms with Gasteiger partial charge in [0.1, 0.15) is 0 Å². The van der Waals surface area contributed by atoms with E-state index in [1.807, 2.05) is 6.07 Å². The number of halogens is 1. The second-order valence-corrected chi connectivity index (χ2v) is 9.06. The molecule has 0 heterocycles. The molecule has 1 aliphatic carbocycles. The Labute approximate surface area is 210 Å². The summed E-state index contributed by atoms with van der Waals surface area (Å²) in [7, 11) is 0. The highest BCUT2D eigenvalue weighted by atomic mass is 79.9. The largest absolute Gasteiger partial charge is 0.372 e. The van der Waals surface area contributed by atoms with Gasteiger partial charge in [0.15, 0.2) is 0 Å². The quantitative estimate of drug-likeness (QED) is 0.288. The molecule has 0 aromatic heterocycles. The highest BCUT2D eigenvalue weighted by molar-refractivity contribution is 9.10. The fourth-order valence-electron chi connectivity index (χ4n) is 4.30. The van der Waals surface area contributed by atoms with Crippen LogP contribution in [0.5, 0.6) is 0 Å². The molecule has 1 unspecified atom stereocenters. The monoisotopic (exact) mass is 506 g/mol. The lowest BCUT2D eigenvalue weighted by molar-refractivity contribution is 0.613. The van der Waals surface area contributed by atoms with Gasteiger partial charge >= 0.3 is 0 Å². The molecule has 0 bridgehead atoms. The number of hydrogen-bond acceptors (Lipinski definition) is 2. The Morgan fingerprint density at radius 1 is 0.676 bits per heavy atom. The van der Waals surface area contributed by atoms with E-state index in [1.54, 1.807) is 0 Å². The zero-order valence-corrected chi connectivity index (χ0v) is 20.3. The van der Waals surface area contributed by atoms with E-state index in [-0.39, 0.29) is 11.7 Å². The van der Waals surface area contributed by atoms with Crippen LogP contribution in [0.15, 0.2) is 144 Å². The standard InChI is InChI=1S/C30H25BrN2.N/c31-25-18-16-24(17-19-25)30(32-26-10-4-1-5-11-26)22-20-29(21-23-30)33(27-12-6-2-7-13-27)28-14-8-3-9-15-28;/h1-22,32H,23H2;. The van der Waals surface area contributed by atoms with Crippen LogP contribution in [0.4, 0.5) is 17.1 Å². The van der Waals surface area contributed by atoms with E-state index in [2.05, 4.69) is 154 Å². The van der Waals surface area contributed by atoms with Crippen LogP contribution in [-0.4, -0.2) is 0 Å². The second kappa shape index (κ2) is 10.6. The fraction of sp³-hybridized carbons (Fsp3) is 0.0667. The van der Waals surface area contributed by atoms with Gasteiger partial charge in [-0.15, -0.1) is 0 Å². The zero-order chi connectivity index (χ0) is 22.5. The number of nitrogens with zero attached hydrogens (tertiary/aromatic N) is 2. The molecule has 34 heavy (non-hydrogen) atoms. The Morgan fingerprint density at radius 3 is 1.71 bits per heavy atom. The first kappa shape index (κ1) is 23.6. The fourth-order valence-corrected chi connectivity index (χ4v) is 4.57. The molecule has 0 fully saturated rings. The van der Waals surface area contributed by atoms with Crippen molar-refractivity contribution in [2.24, 2.45) is 0 Å². The molecular formula is C30H25BrN3. The predicted octanol–water partition coefficient (Wildman–Crippen LogP) is 7.96. The van der Waals surface area contributed by atoms with Gasteiger partial charge in [-0.2, -0.15) is 0 Å². The van der Waals surface area contributed by atoms with Crippen LogP contribution in [0.25, 0.3) is 0 Å². The van der Waals surface area contributed by atoms with Crippen LogP contribution >= 0.6 is 15.9 Å². The molecule has 0 saturated carbocycles. The van der Waals surface area contributed by atoms with Crippen molar-refractivity contribution in [1.29, 1.82) is 0 Å². The van der Waals surface area contributed by atoms with Crippen molar-refractivity contribution in [3.05, 3.63) is 149 Å². The average Bonchev–Trinajstić information content (AvgIpc) is 2.88. The van der Waals surface area contributed by atoms with Gasteiger partial charge in [-0.3, -0.25) is 0 Å². The Kier molecular flexibility index (Phi) is 7.31. The van der Waals surface area contributed by atoms with Crippen molar-refractivity contribution in [2.45, 2.75) is 12.0 Å². The van der Waals surface area contributed by atoms with Crippen LogP contribution < -0.4 is 16.4 Å². The minimum Gasteiger partial charge on any atom is -0.372 e. The van der Waals surface area contributed by atoms with Crippen molar-refractivity contribution < 1.29 is 0 Å². The first-order valence-electron chi connectivity index (χ1n) is 11.1. The third-order valence-corrected chi connectivity index (χ3v) is 6.49. The first-order valence-corrected chi connectivity index (χ1v) is 11.9. The molecule has 4 heteroatoms. The van der Waals surface area contributed by atoms with Gasteiger partial charge in [-0.25, -0.2) is 0 Å². The van der Waals surface area contributed by atoms with Gasteiger partial charge in [0, 0.05) is 33.4 Å². The number of rotatable bonds is 6. The normalized spacial score (nSPS) is 16.8. The molecule has 1 atom stereocenters. The Balaban J connectivity index is 0.00000274. The molecule has 3 radical (unpaired) electrons.